The highest BCUT2D eigenvalue weighted by Gasteiger charge is 2.29. The summed E-state index contributed by atoms with van der Waals surface area (Å²) in [5.41, 5.74) is -0.617. The van der Waals surface area contributed by atoms with Crippen LogP contribution in [-0.2, 0) is 0 Å². The van der Waals surface area contributed by atoms with E-state index >= 15 is 0 Å². The zero-order chi connectivity index (χ0) is 17.2. The normalized spacial score (nSPS) is 11.3. The molecule has 0 aliphatic carbocycles. The molecule has 0 bridgehead atoms. The molecule has 4 nitrogen and oxygen atoms in total. The fraction of sp³-hybridized carbons (Fsp3) is 0.143. The van der Waals surface area contributed by atoms with Gasteiger partial charge in [0.2, 0.25) is 5.88 Å². The van der Waals surface area contributed by atoms with Crippen LogP contribution in [0.5, 0.6) is 5.88 Å². The van der Waals surface area contributed by atoms with Crippen molar-refractivity contribution in [3.8, 4) is 17.0 Å². The SMILES string of the molecule is O=C(O)c1cnc(OCC(F)(F)F)c(-c2ccc(F)c(F)c2)c1. The Morgan fingerprint density at radius 1 is 1.17 bits per heavy atom. The van der Waals surface area contributed by atoms with Crippen LogP contribution >= 0.6 is 0 Å². The van der Waals surface area contributed by atoms with Crippen molar-refractivity contribution in [3.63, 3.8) is 0 Å². The number of pyridine rings is 1. The van der Waals surface area contributed by atoms with Crippen molar-refractivity contribution in [1.29, 1.82) is 0 Å². The topological polar surface area (TPSA) is 59.4 Å². The largest absolute Gasteiger partial charge is 0.478 e. The molecule has 2 aromatic rings. The molecule has 9 heteroatoms. The molecular weight excluding hydrogens is 325 g/mol. The summed E-state index contributed by atoms with van der Waals surface area (Å²) in [6, 6.07) is 3.50. The van der Waals surface area contributed by atoms with Crippen molar-refractivity contribution in [2.75, 3.05) is 6.61 Å². The average molecular weight is 333 g/mol. The van der Waals surface area contributed by atoms with Gasteiger partial charge in [-0.05, 0) is 23.8 Å². The Morgan fingerprint density at radius 2 is 1.87 bits per heavy atom. The number of aromatic nitrogens is 1. The lowest BCUT2D eigenvalue weighted by molar-refractivity contribution is -0.154. The quantitative estimate of drug-likeness (QED) is 0.868. The predicted molar refractivity (Wildman–Crippen MR) is 68.1 cm³/mol. The Balaban J connectivity index is 2.49. The van der Waals surface area contributed by atoms with Gasteiger partial charge in [0.15, 0.2) is 18.2 Å². The van der Waals surface area contributed by atoms with Crippen LogP contribution in [-0.4, -0.2) is 28.8 Å². The second kappa shape index (κ2) is 6.19. The molecule has 0 aliphatic rings. The van der Waals surface area contributed by atoms with Gasteiger partial charge in [0.1, 0.15) is 0 Å². The van der Waals surface area contributed by atoms with Gasteiger partial charge in [-0.2, -0.15) is 13.2 Å². The molecule has 0 amide bonds. The number of nitrogens with zero attached hydrogens (tertiary/aromatic N) is 1. The Bertz CT molecular complexity index is 746. The van der Waals surface area contributed by atoms with Crippen LogP contribution < -0.4 is 4.74 Å². The van der Waals surface area contributed by atoms with Gasteiger partial charge in [0.05, 0.1) is 5.56 Å². The van der Waals surface area contributed by atoms with Crippen molar-refractivity contribution in [1.82, 2.24) is 4.98 Å². The van der Waals surface area contributed by atoms with Gasteiger partial charge in [0, 0.05) is 11.8 Å². The van der Waals surface area contributed by atoms with E-state index in [1.807, 2.05) is 0 Å². The minimum atomic E-state index is -4.64. The lowest BCUT2D eigenvalue weighted by atomic mass is 10.0. The van der Waals surface area contributed by atoms with Gasteiger partial charge in [-0.25, -0.2) is 18.6 Å². The molecule has 0 unspecified atom stereocenters. The Kier molecular flexibility index (Phi) is 4.48. The number of carboxylic acid groups (broad SMARTS) is 1. The van der Waals surface area contributed by atoms with E-state index in [-0.39, 0.29) is 16.7 Å². The van der Waals surface area contributed by atoms with E-state index in [1.54, 1.807) is 0 Å². The number of carbonyl (C=O) groups is 1. The first kappa shape index (κ1) is 16.7. The van der Waals surface area contributed by atoms with Crippen LogP contribution in [0.15, 0.2) is 30.5 Å². The minimum Gasteiger partial charge on any atom is -0.478 e. The number of aromatic carboxylic acids is 1. The molecule has 1 aromatic heterocycles. The number of halogens is 5. The second-order valence-corrected chi connectivity index (χ2v) is 4.41. The molecule has 122 valence electrons. The van der Waals surface area contributed by atoms with Crippen LogP contribution in [0.4, 0.5) is 22.0 Å². The number of hydrogen-bond donors (Lipinski definition) is 1. The summed E-state index contributed by atoms with van der Waals surface area (Å²) in [6.07, 6.45) is -3.84. The Morgan fingerprint density at radius 3 is 2.43 bits per heavy atom. The van der Waals surface area contributed by atoms with Gasteiger partial charge >= 0.3 is 12.1 Å². The average Bonchev–Trinajstić information content (AvgIpc) is 2.47. The van der Waals surface area contributed by atoms with Gasteiger partial charge < -0.3 is 9.84 Å². The number of ether oxygens (including phenoxy) is 1. The Hall–Kier alpha value is -2.71. The maximum atomic E-state index is 13.3. The summed E-state index contributed by atoms with van der Waals surface area (Å²) >= 11 is 0. The third-order valence-corrected chi connectivity index (χ3v) is 2.70. The zero-order valence-electron chi connectivity index (χ0n) is 11.2. The van der Waals surface area contributed by atoms with E-state index in [4.69, 9.17) is 5.11 Å². The van der Waals surface area contributed by atoms with Crippen molar-refractivity contribution in [2.45, 2.75) is 6.18 Å². The monoisotopic (exact) mass is 333 g/mol. The predicted octanol–water partition coefficient (Wildman–Crippen LogP) is 3.67. The number of carboxylic acids is 1. The minimum absolute atomic E-state index is 0.0725. The number of benzene rings is 1. The molecule has 0 fully saturated rings. The highest BCUT2D eigenvalue weighted by molar-refractivity contribution is 5.89. The van der Waals surface area contributed by atoms with Crippen LogP contribution in [0, 0.1) is 11.6 Å². The molecule has 2 rings (SSSR count). The van der Waals surface area contributed by atoms with E-state index in [1.165, 1.54) is 0 Å². The standard InChI is InChI=1S/C14H8F5NO3/c15-10-2-1-7(4-11(10)16)9-3-8(13(21)22)5-20-12(9)23-6-14(17,18)19/h1-5H,6H2,(H,21,22). The molecule has 0 saturated carbocycles. The molecule has 1 N–H and O–H groups in total. The van der Waals surface area contributed by atoms with Crippen LogP contribution in [0.1, 0.15) is 10.4 Å². The smallest absolute Gasteiger partial charge is 0.422 e. The molecule has 23 heavy (non-hydrogen) atoms. The van der Waals surface area contributed by atoms with Gasteiger partial charge in [-0.1, -0.05) is 6.07 Å². The lowest BCUT2D eigenvalue weighted by Crippen LogP contribution is -2.20. The lowest BCUT2D eigenvalue weighted by Gasteiger charge is -2.13. The summed E-state index contributed by atoms with van der Waals surface area (Å²) in [5.74, 6) is -4.33. The first-order valence-corrected chi connectivity index (χ1v) is 6.05. The summed E-state index contributed by atoms with van der Waals surface area (Å²) in [5, 5.41) is 8.91. The first-order valence-electron chi connectivity index (χ1n) is 6.05. The maximum Gasteiger partial charge on any atom is 0.422 e. The molecule has 0 saturated heterocycles. The summed E-state index contributed by atoms with van der Waals surface area (Å²) in [4.78, 5) is 14.5. The molecule has 1 heterocycles. The second-order valence-electron chi connectivity index (χ2n) is 4.41. The van der Waals surface area contributed by atoms with Crippen LogP contribution in [0.25, 0.3) is 11.1 Å². The number of hydrogen-bond acceptors (Lipinski definition) is 3. The van der Waals surface area contributed by atoms with Gasteiger partial charge in [0.25, 0.3) is 0 Å². The number of rotatable bonds is 4. The highest BCUT2D eigenvalue weighted by atomic mass is 19.4. The number of alkyl halides is 3. The third kappa shape index (κ3) is 4.15. The summed E-state index contributed by atoms with van der Waals surface area (Å²) in [7, 11) is 0. The van der Waals surface area contributed by atoms with Gasteiger partial charge in [-0.3, -0.25) is 0 Å². The third-order valence-electron chi connectivity index (χ3n) is 2.70. The van der Waals surface area contributed by atoms with E-state index in [0.717, 1.165) is 24.4 Å². The molecular formula is C14H8F5NO3. The van der Waals surface area contributed by atoms with Crippen molar-refractivity contribution in [2.24, 2.45) is 0 Å². The zero-order valence-corrected chi connectivity index (χ0v) is 11.2. The fourth-order valence-corrected chi connectivity index (χ4v) is 1.70. The fourth-order valence-electron chi connectivity index (χ4n) is 1.70. The Labute approximate surface area is 126 Å². The van der Waals surface area contributed by atoms with E-state index in [2.05, 4.69) is 9.72 Å². The van der Waals surface area contributed by atoms with E-state index < -0.39 is 36.3 Å². The van der Waals surface area contributed by atoms with Crippen LogP contribution in [0.3, 0.4) is 0 Å². The van der Waals surface area contributed by atoms with Crippen molar-refractivity contribution in [3.05, 3.63) is 47.7 Å². The summed E-state index contributed by atoms with van der Waals surface area (Å²) in [6.45, 7) is -1.66. The van der Waals surface area contributed by atoms with Crippen LogP contribution in [0.2, 0.25) is 0 Å². The first-order chi connectivity index (χ1) is 10.7. The molecule has 0 atom stereocenters. The van der Waals surface area contributed by atoms with E-state index in [0.29, 0.717) is 6.07 Å². The molecule has 1 aromatic carbocycles. The van der Waals surface area contributed by atoms with Crippen molar-refractivity contribution >= 4 is 5.97 Å². The van der Waals surface area contributed by atoms with Gasteiger partial charge in [-0.15, -0.1) is 0 Å². The van der Waals surface area contributed by atoms with E-state index in [9.17, 15) is 26.7 Å². The van der Waals surface area contributed by atoms with Crippen molar-refractivity contribution < 1.29 is 36.6 Å². The molecule has 0 radical (unpaired) electrons. The maximum absolute atomic E-state index is 13.3. The summed E-state index contributed by atoms with van der Waals surface area (Å²) < 4.78 is 67.5. The highest BCUT2D eigenvalue weighted by Crippen LogP contribution is 2.31. The molecule has 0 spiro atoms. The molecule has 0 aliphatic heterocycles.